The van der Waals surface area contributed by atoms with Crippen molar-refractivity contribution in [3.05, 3.63) is 64.4 Å². The normalized spacial score (nSPS) is 13.0. The SMILES string of the molecule is Cc1ccc(OCCC(=O)O)c(-c2nc3nc(C(=O)O)nc(NCCC4CC4)c3n2Cc2ccc(Cl)cc2)c1. The standard InChI is InChI=1S/C28H28ClN5O5/c1-16-2-9-21(39-13-11-22(35)36)20(14-16)27-33-25-23(34(27)15-18-5-7-19(29)8-6-18)24(30-12-10-17-3-4-17)31-26(32-25)28(37)38/h2,5-9,14,17H,3-4,10-13,15H2,1H3,(H,35,36)(H,37,38)(H,30,31,32). The number of anilines is 1. The molecule has 2 aromatic heterocycles. The summed E-state index contributed by atoms with van der Waals surface area (Å²) in [7, 11) is 0. The van der Waals surface area contributed by atoms with Crippen LogP contribution in [0.15, 0.2) is 42.5 Å². The minimum Gasteiger partial charge on any atom is -0.492 e. The van der Waals surface area contributed by atoms with E-state index in [0.717, 1.165) is 17.5 Å². The number of carbonyl (C=O) groups is 2. The Morgan fingerprint density at radius 1 is 1.10 bits per heavy atom. The summed E-state index contributed by atoms with van der Waals surface area (Å²) in [6.07, 6.45) is 3.22. The predicted molar refractivity (Wildman–Crippen MR) is 147 cm³/mol. The first-order chi connectivity index (χ1) is 18.8. The molecule has 2 heterocycles. The molecule has 0 unspecified atom stereocenters. The number of aromatic nitrogens is 4. The molecule has 1 aliphatic carbocycles. The van der Waals surface area contributed by atoms with Gasteiger partial charge in [0.05, 0.1) is 18.6 Å². The highest BCUT2D eigenvalue weighted by Crippen LogP contribution is 2.36. The van der Waals surface area contributed by atoms with Crippen molar-refractivity contribution in [1.82, 2.24) is 19.5 Å². The van der Waals surface area contributed by atoms with Crippen molar-refractivity contribution in [3.63, 3.8) is 0 Å². The molecule has 39 heavy (non-hydrogen) atoms. The van der Waals surface area contributed by atoms with Gasteiger partial charge in [-0.3, -0.25) is 4.79 Å². The molecule has 5 rings (SSSR count). The van der Waals surface area contributed by atoms with Crippen molar-refractivity contribution in [2.24, 2.45) is 5.92 Å². The highest BCUT2D eigenvalue weighted by atomic mass is 35.5. The molecule has 1 saturated carbocycles. The van der Waals surface area contributed by atoms with Crippen molar-refractivity contribution >= 4 is 40.5 Å². The number of aryl methyl sites for hydroxylation is 1. The van der Waals surface area contributed by atoms with Crippen molar-refractivity contribution in [2.45, 2.75) is 39.2 Å². The van der Waals surface area contributed by atoms with Crippen LogP contribution in [0.2, 0.25) is 5.02 Å². The zero-order chi connectivity index (χ0) is 27.5. The van der Waals surface area contributed by atoms with Crippen LogP contribution in [-0.4, -0.2) is 54.8 Å². The maximum atomic E-state index is 11.9. The Balaban J connectivity index is 1.67. The van der Waals surface area contributed by atoms with E-state index in [2.05, 4.69) is 15.3 Å². The molecular formula is C28H28ClN5O5. The Bertz CT molecular complexity index is 1530. The number of nitrogens with one attached hydrogen (secondary N) is 1. The van der Waals surface area contributed by atoms with Gasteiger partial charge in [0.2, 0.25) is 5.82 Å². The van der Waals surface area contributed by atoms with Crippen LogP contribution in [0.4, 0.5) is 5.82 Å². The number of hydrogen-bond donors (Lipinski definition) is 3. The van der Waals surface area contributed by atoms with E-state index in [9.17, 15) is 14.7 Å². The number of fused-ring (bicyclic) bond motifs is 1. The summed E-state index contributed by atoms with van der Waals surface area (Å²) in [6, 6.07) is 13.0. The van der Waals surface area contributed by atoms with E-state index in [1.807, 2.05) is 35.8 Å². The zero-order valence-corrected chi connectivity index (χ0v) is 22.1. The van der Waals surface area contributed by atoms with E-state index in [1.165, 1.54) is 12.8 Å². The molecule has 4 aromatic rings. The van der Waals surface area contributed by atoms with Gasteiger partial charge in [0.1, 0.15) is 17.1 Å². The number of rotatable bonds is 12. The van der Waals surface area contributed by atoms with Crippen LogP contribution in [0.5, 0.6) is 5.75 Å². The lowest BCUT2D eigenvalue weighted by Gasteiger charge is -2.15. The van der Waals surface area contributed by atoms with Gasteiger partial charge in [0, 0.05) is 18.1 Å². The summed E-state index contributed by atoms with van der Waals surface area (Å²) >= 11 is 6.12. The van der Waals surface area contributed by atoms with E-state index in [1.54, 1.807) is 18.2 Å². The van der Waals surface area contributed by atoms with Crippen LogP contribution in [0.25, 0.3) is 22.6 Å². The molecule has 10 nitrogen and oxygen atoms in total. The van der Waals surface area contributed by atoms with Crippen LogP contribution in [-0.2, 0) is 11.3 Å². The summed E-state index contributed by atoms with van der Waals surface area (Å²) < 4.78 is 7.80. The molecule has 2 aromatic carbocycles. The molecule has 0 saturated heterocycles. The smallest absolute Gasteiger partial charge is 0.374 e. The molecule has 11 heteroatoms. The number of carboxylic acid groups (broad SMARTS) is 2. The number of benzene rings is 2. The van der Waals surface area contributed by atoms with Crippen molar-refractivity contribution in [3.8, 4) is 17.1 Å². The minimum atomic E-state index is -1.25. The summed E-state index contributed by atoms with van der Waals surface area (Å²) in [6.45, 7) is 2.94. The number of aromatic carboxylic acids is 1. The highest BCUT2D eigenvalue weighted by molar-refractivity contribution is 6.30. The predicted octanol–water partition coefficient (Wildman–Crippen LogP) is 5.27. The first-order valence-corrected chi connectivity index (χ1v) is 13.1. The number of imidazole rings is 1. The van der Waals surface area contributed by atoms with Crippen molar-refractivity contribution in [1.29, 1.82) is 0 Å². The lowest BCUT2D eigenvalue weighted by molar-refractivity contribution is -0.137. The van der Waals surface area contributed by atoms with Gasteiger partial charge in [-0.15, -0.1) is 0 Å². The number of halogens is 1. The highest BCUT2D eigenvalue weighted by Gasteiger charge is 2.25. The summed E-state index contributed by atoms with van der Waals surface area (Å²) in [5, 5.41) is 22.7. The fourth-order valence-corrected chi connectivity index (χ4v) is 4.51. The molecule has 0 atom stereocenters. The van der Waals surface area contributed by atoms with E-state index < -0.39 is 11.9 Å². The van der Waals surface area contributed by atoms with Gasteiger partial charge in [-0.2, -0.15) is 0 Å². The Morgan fingerprint density at radius 3 is 2.56 bits per heavy atom. The number of ether oxygens (including phenoxy) is 1. The molecule has 1 aliphatic rings. The van der Waals surface area contributed by atoms with Crippen LogP contribution >= 0.6 is 11.6 Å². The van der Waals surface area contributed by atoms with Crippen LogP contribution in [0.1, 0.15) is 47.4 Å². The van der Waals surface area contributed by atoms with Crippen LogP contribution < -0.4 is 10.1 Å². The van der Waals surface area contributed by atoms with Gasteiger partial charge in [-0.25, -0.2) is 19.7 Å². The average molecular weight is 550 g/mol. The first kappa shape index (κ1) is 26.4. The van der Waals surface area contributed by atoms with E-state index in [4.69, 9.17) is 26.4 Å². The average Bonchev–Trinajstić information content (AvgIpc) is 3.65. The molecule has 0 aliphatic heterocycles. The van der Waals surface area contributed by atoms with Gasteiger partial charge >= 0.3 is 11.9 Å². The summed E-state index contributed by atoms with van der Waals surface area (Å²) in [5.74, 6) is -0.518. The first-order valence-electron chi connectivity index (χ1n) is 12.7. The molecule has 0 bridgehead atoms. The quantitative estimate of drug-likeness (QED) is 0.215. The maximum absolute atomic E-state index is 11.9. The maximum Gasteiger partial charge on any atom is 0.374 e. The molecule has 1 fully saturated rings. The van der Waals surface area contributed by atoms with Gasteiger partial charge in [0.25, 0.3) is 0 Å². The minimum absolute atomic E-state index is 0.0141. The number of nitrogens with zero attached hydrogens (tertiary/aromatic N) is 4. The Kier molecular flexibility index (Phi) is 7.65. The topological polar surface area (TPSA) is 139 Å². The van der Waals surface area contributed by atoms with E-state index in [0.29, 0.717) is 52.5 Å². The molecule has 202 valence electrons. The largest absolute Gasteiger partial charge is 0.492 e. The zero-order valence-electron chi connectivity index (χ0n) is 21.4. The van der Waals surface area contributed by atoms with Crippen molar-refractivity contribution < 1.29 is 24.5 Å². The molecule has 3 N–H and O–H groups in total. The molecule has 0 spiro atoms. The molecular weight excluding hydrogens is 522 g/mol. The monoisotopic (exact) mass is 549 g/mol. The third-order valence-corrected chi connectivity index (χ3v) is 6.79. The number of aliphatic carboxylic acids is 1. The molecule has 0 radical (unpaired) electrons. The second kappa shape index (κ2) is 11.3. The lowest BCUT2D eigenvalue weighted by Crippen LogP contribution is -2.12. The third kappa shape index (κ3) is 6.28. The second-order valence-corrected chi connectivity index (χ2v) is 10.1. The number of hydrogen-bond acceptors (Lipinski definition) is 7. The molecule has 0 amide bonds. The summed E-state index contributed by atoms with van der Waals surface area (Å²) in [5.41, 5.74) is 3.32. The fraction of sp³-hybridized carbons (Fsp3) is 0.321. The van der Waals surface area contributed by atoms with Crippen LogP contribution in [0.3, 0.4) is 0 Å². The second-order valence-electron chi connectivity index (χ2n) is 9.67. The van der Waals surface area contributed by atoms with E-state index in [-0.39, 0.29) is 24.5 Å². The fourth-order valence-electron chi connectivity index (χ4n) is 4.38. The number of carboxylic acids is 2. The third-order valence-electron chi connectivity index (χ3n) is 6.54. The van der Waals surface area contributed by atoms with Gasteiger partial charge in [-0.1, -0.05) is 48.2 Å². The van der Waals surface area contributed by atoms with Gasteiger partial charge in [-0.05, 0) is 49.1 Å². The van der Waals surface area contributed by atoms with Gasteiger partial charge in [0.15, 0.2) is 11.5 Å². The Hall–Kier alpha value is -4.18. The Labute approximate surface area is 229 Å². The summed E-state index contributed by atoms with van der Waals surface area (Å²) in [4.78, 5) is 36.4. The van der Waals surface area contributed by atoms with Crippen LogP contribution in [0, 0.1) is 12.8 Å². The Morgan fingerprint density at radius 2 is 1.87 bits per heavy atom. The lowest BCUT2D eigenvalue weighted by atomic mass is 10.1. The van der Waals surface area contributed by atoms with Gasteiger partial charge < -0.3 is 24.8 Å². The van der Waals surface area contributed by atoms with Crippen molar-refractivity contribution in [2.75, 3.05) is 18.5 Å². The van der Waals surface area contributed by atoms with E-state index >= 15 is 0 Å².